The normalized spacial score (nSPS) is 25.5. The minimum absolute atomic E-state index is 0. The summed E-state index contributed by atoms with van der Waals surface area (Å²) in [5, 5.41) is 3.55. The molecule has 2 atom stereocenters. The lowest BCUT2D eigenvalue weighted by atomic mass is 9.99. The molecule has 1 aliphatic carbocycles. The number of thiazole rings is 1. The topological polar surface area (TPSA) is 77.2 Å². The average molecular weight is 304 g/mol. The third-order valence-corrected chi connectivity index (χ3v) is 4.47. The molecule has 1 aromatic rings. The summed E-state index contributed by atoms with van der Waals surface area (Å²) in [5.74, 6) is -0.0668. The Morgan fingerprint density at radius 2 is 2.32 bits per heavy atom. The molecule has 3 N–H and O–H groups in total. The minimum Gasteiger partial charge on any atom is -0.368 e. The summed E-state index contributed by atoms with van der Waals surface area (Å²) in [5.41, 5.74) is 7.03. The van der Waals surface area contributed by atoms with E-state index in [1.807, 2.05) is 0 Å². The van der Waals surface area contributed by atoms with Crippen LogP contribution in [-0.4, -0.2) is 29.6 Å². The van der Waals surface area contributed by atoms with Crippen molar-refractivity contribution in [1.82, 2.24) is 4.98 Å². The van der Waals surface area contributed by atoms with Crippen molar-refractivity contribution in [2.45, 2.75) is 44.2 Å². The highest BCUT2D eigenvalue weighted by Gasteiger charge is 2.26. The van der Waals surface area contributed by atoms with Crippen LogP contribution in [0.2, 0.25) is 0 Å². The third-order valence-electron chi connectivity index (χ3n) is 3.43. The van der Waals surface area contributed by atoms with Crippen LogP contribution in [0.3, 0.4) is 0 Å². The summed E-state index contributed by atoms with van der Waals surface area (Å²) >= 11 is 1.55. The smallest absolute Gasteiger partial charge is 0.255 e. The summed E-state index contributed by atoms with van der Waals surface area (Å²) in [4.78, 5) is 17.6. The second-order valence-corrected chi connectivity index (χ2v) is 5.97. The van der Waals surface area contributed by atoms with Crippen LogP contribution in [0.15, 0.2) is 0 Å². The van der Waals surface area contributed by atoms with Gasteiger partial charge in [0.15, 0.2) is 5.13 Å². The molecule has 2 aliphatic rings. The van der Waals surface area contributed by atoms with Crippen LogP contribution in [0.1, 0.15) is 29.8 Å². The Kier molecular flexibility index (Phi) is 4.78. The Bertz CT molecular complexity index is 460. The number of hydrogen-bond acceptors (Lipinski definition) is 5. The van der Waals surface area contributed by atoms with Crippen molar-refractivity contribution in [3.05, 3.63) is 10.6 Å². The fraction of sp³-hybridized carbons (Fsp3) is 0.667. The first-order valence-electron chi connectivity index (χ1n) is 6.39. The second kappa shape index (κ2) is 6.17. The van der Waals surface area contributed by atoms with Gasteiger partial charge in [0, 0.05) is 17.5 Å². The monoisotopic (exact) mass is 303 g/mol. The minimum atomic E-state index is -0.298. The molecule has 2 heterocycles. The van der Waals surface area contributed by atoms with Gasteiger partial charge in [0.25, 0.3) is 5.91 Å². The molecule has 19 heavy (non-hydrogen) atoms. The van der Waals surface area contributed by atoms with Crippen molar-refractivity contribution in [2.24, 2.45) is 5.73 Å². The zero-order valence-corrected chi connectivity index (χ0v) is 12.2. The van der Waals surface area contributed by atoms with Crippen molar-refractivity contribution in [2.75, 3.05) is 11.9 Å². The van der Waals surface area contributed by atoms with Crippen LogP contribution in [0.5, 0.6) is 0 Å². The van der Waals surface area contributed by atoms with Crippen LogP contribution >= 0.6 is 23.7 Å². The molecule has 1 fully saturated rings. The number of nitrogens with two attached hydrogens (primary N) is 1. The molecule has 0 bridgehead atoms. The molecule has 1 aliphatic heterocycles. The lowest BCUT2D eigenvalue weighted by Crippen LogP contribution is -2.27. The lowest BCUT2D eigenvalue weighted by Gasteiger charge is -2.15. The number of halogens is 1. The van der Waals surface area contributed by atoms with E-state index in [9.17, 15) is 4.79 Å². The Labute approximate surface area is 122 Å². The molecular formula is C12H18ClN3O2S. The molecule has 1 amide bonds. The van der Waals surface area contributed by atoms with Crippen LogP contribution < -0.4 is 11.1 Å². The number of aryl methyl sites for hydroxylation is 1. The number of aromatic nitrogens is 1. The number of anilines is 1. The number of carbonyl (C=O) groups is 1. The summed E-state index contributed by atoms with van der Waals surface area (Å²) in [6.07, 6.45) is 4.25. The van der Waals surface area contributed by atoms with Crippen molar-refractivity contribution in [1.29, 1.82) is 0 Å². The van der Waals surface area contributed by atoms with Gasteiger partial charge < -0.3 is 10.5 Å². The van der Waals surface area contributed by atoms with E-state index in [0.717, 1.165) is 37.8 Å². The Morgan fingerprint density at radius 1 is 1.47 bits per heavy atom. The van der Waals surface area contributed by atoms with Gasteiger partial charge in [-0.3, -0.25) is 10.1 Å². The standard InChI is InChI=1S/C12H17N3O2S.ClH/c13-7-3-4-8-10(6-7)18-12(14-8)15-11(16)9-2-1-5-17-9;/h7,9H,1-6,13H2,(H,14,15,16);1H/t7-,9-;/m0./s1. The molecule has 5 nitrogen and oxygen atoms in total. The zero-order chi connectivity index (χ0) is 12.5. The van der Waals surface area contributed by atoms with E-state index < -0.39 is 0 Å². The fourth-order valence-corrected chi connectivity index (χ4v) is 3.53. The average Bonchev–Trinajstić information content (AvgIpc) is 2.95. The highest BCUT2D eigenvalue weighted by atomic mass is 35.5. The number of carbonyl (C=O) groups excluding carboxylic acids is 1. The third kappa shape index (κ3) is 3.25. The van der Waals surface area contributed by atoms with E-state index in [1.165, 1.54) is 4.88 Å². The largest absolute Gasteiger partial charge is 0.368 e. The first-order valence-corrected chi connectivity index (χ1v) is 7.20. The van der Waals surface area contributed by atoms with Gasteiger partial charge in [-0.25, -0.2) is 4.98 Å². The Hall–Kier alpha value is -0.690. The van der Waals surface area contributed by atoms with Gasteiger partial charge >= 0.3 is 0 Å². The highest BCUT2D eigenvalue weighted by molar-refractivity contribution is 7.15. The molecule has 1 aromatic heterocycles. The van der Waals surface area contributed by atoms with E-state index in [-0.39, 0.29) is 30.5 Å². The van der Waals surface area contributed by atoms with Crippen LogP contribution in [-0.2, 0) is 22.4 Å². The second-order valence-electron chi connectivity index (χ2n) is 4.88. The molecule has 0 saturated carbocycles. The number of nitrogens with one attached hydrogen (secondary N) is 1. The van der Waals surface area contributed by atoms with E-state index in [0.29, 0.717) is 11.7 Å². The van der Waals surface area contributed by atoms with Gasteiger partial charge in [0.1, 0.15) is 6.10 Å². The molecule has 106 valence electrons. The molecule has 0 unspecified atom stereocenters. The number of amides is 1. The maximum atomic E-state index is 11.9. The first-order chi connectivity index (χ1) is 8.72. The zero-order valence-electron chi connectivity index (χ0n) is 10.6. The van der Waals surface area contributed by atoms with Crippen molar-refractivity contribution in [3.8, 4) is 0 Å². The Morgan fingerprint density at radius 3 is 3.05 bits per heavy atom. The SMILES string of the molecule is Cl.N[C@H]1CCc2nc(NC(=O)[C@@H]3CCCO3)sc2C1. The summed E-state index contributed by atoms with van der Waals surface area (Å²) < 4.78 is 5.35. The van der Waals surface area contributed by atoms with Crippen molar-refractivity contribution >= 4 is 34.8 Å². The van der Waals surface area contributed by atoms with Gasteiger partial charge in [0.2, 0.25) is 0 Å². The van der Waals surface area contributed by atoms with E-state index in [4.69, 9.17) is 10.5 Å². The van der Waals surface area contributed by atoms with Gasteiger partial charge in [-0.15, -0.1) is 23.7 Å². The summed E-state index contributed by atoms with van der Waals surface area (Å²) in [6, 6.07) is 0.236. The molecule has 0 aromatic carbocycles. The van der Waals surface area contributed by atoms with Crippen molar-refractivity contribution < 1.29 is 9.53 Å². The highest BCUT2D eigenvalue weighted by Crippen LogP contribution is 2.29. The Balaban J connectivity index is 0.00000133. The first kappa shape index (κ1) is 14.7. The number of rotatable bonds is 2. The molecule has 3 rings (SSSR count). The summed E-state index contributed by atoms with van der Waals surface area (Å²) in [7, 11) is 0. The number of fused-ring (bicyclic) bond motifs is 1. The van der Waals surface area contributed by atoms with E-state index >= 15 is 0 Å². The molecule has 0 radical (unpaired) electrons. The number of ether oxygens (including phenoxy) is 1. The van der Waals surface area contributed by atoms with Gasteiger partial charge in [-0.05, 0) is 32.1 Å². The van der Waals surface area contributed by atoms with Gasteiger partial charge in [-0.2, -0.15) is 0 Å². The molecular weight excluding hydrogens is 286 g/mol. The quantitative estimate of drug-likeness (QED) is 0.868. The van der Waals surface area contributed by atoms with Gasteiger partial charge in [0.05, 0.1) is 5.69 Å². The predicted octanol–water partition coefficient (Wildman–Crippen LogP) is 1.50. The van der Waals surface area contributed by atoms with E-state index in [2.05, 4.69) is 10.3 Å². The summed E-state index contributed by atoms with van der Waals surface area (Å²) in [6.45, 7) is 0.682. The fourth-order valence-electron chi connectivity index (χ4n) is 2.42. The maximum absolute atomic E-state index is 11.9. The van der Waals surface area contributed by atoms with Crippen LogP contribution in [0.25, 0.3) is 0 Å². The van der Waals surface area contributed by atoms with Crippen LogP contribution in [0.4, 0.5) is 5.13 Å². The molecule has 7 heteroatoms. The van der Waals surface area contributed by atoms with Crippen LogP contribution in [0, 0.1) is 0 Å². The maximum Gasteiger partial charge on any atom is 0.255 e. The molecule has 1 saturated heterocycles. The lowest BCUT2D eigenvalue weighted by molar-refractivity contribution is -0.124. The molecule has 0 spiro atoms. The number of nitrogens with zero attached hydrogens (tertiary/aromatic N) is 1. The predicted molar refractivity (Wildman–Crippen MR) is 77.0 cm³/mol. The number of hydrogen-bond donors (Lipinski definition) is 2. The van der Waals surface area contributed by atoms with Crippen molar-refractivity contribution in [3.63, 3.8) is 0 Å². The van der Waals surface area contributed by atoms with Gasteiger partial charge in [-0.1, -0.05) is 0 Å². The van der Waals surface area contributed by atoms with E-state index in [1.54, 1.807) is 11.3 Å².